The van der Waals surface area contributed by atoms with Gasteiger partial charge in [0.05, 0.1) is 0 Å². The molecular weight excluding hydrogens is 138 g/mol. The van der Waals surface area contributed by atoms with Crippen LogP contribution < -0.4 is 14.7 Å². The Morgan fingerprint density at radius 3 is 1.14 bits per heavy atom. The van der Waals surface area contributed by atoms with E-state index in [9.17, 15) is 0 Å². The van der Waals surface area contributed by atoms with Crippen LogP contribution in [0.25, 0.3) is 0 Å². The van der Waals surface area contributed by atoms with Crippen LogP contribution >= 0.6 is 7.82 Å². The number of hydrogen-bond acceptors (Lipinski definition) is 4. The summed E-state index contributed by atoms with van der Waals surface area (Å²) in [4.78, 5) is 25.6. The monoisotopic (exact) mass is 140 g/mol. The lowest BCUT2D eigenvalue weighted by molar-refractivity contribution is -0.432. The highest BCUT2D eigenvalue weighted by Gasteiger charge is 1.44. The van der Waals surface area contributed by atoms with Gasteiger partial charge in [-0.1, -0.05) is 0 Å². The third-order valence-electron chi connectivity index (χ3n) is 0. The first-order valence-corrected chi connectivity index (χ1v) is 2.19. The molecule has 0 amide bonds. The smallest absolute Gasteiger partial charge is 0 e. The van der Waals surface area contributed by atoms with Crippen molar-refractivity contribution in [2.75, 3.05) is 0 Å². The Morgan fingerprint density at radius 1 is 1.14 bits per heavy atom. The molecule has 0 fully saturated rings. The van der Waals surface area contributed by atoms with E-state index in [0.29, 0.717) is 0 Å². The van der Waals surface area contributed by atoms with E-state index in [0.717, 1.165) is 0 Å². The second-order valence-electron chi connectivity index (χ2n) is 0.447. The zero-order chi connectivity index (χ0) is 4.50. The van der Waals surface area contributed by atoms with E-state index in [1.54, 1.807) is 0 Å². The Bertz CT molecular complexity index is 54.2. The molecule has 0 unspecified atom stereocenters. The Morgan fingerprint density at radius 2 is 1.14 bits per heavy atom. The molecule has 0 atom stereocenters. The number of rotatable bonds is 0. The van der Waals surface area contributed by atoms with Gasteiger partial charge >= 0.3 is 0 Å². The van der Waals surface area contributed by atoms with Gasteiger partial charge in [-0.3, -0.25) is 0 Å². The van der Waals surface area contributed by atoms with E-state index in [1.165, 1.54) is 0 Å². The molecule has 0 aromatic rings. The normalized spacial score (nSPS) is 8.43. The molecule has 0 saturated carbocycles. The number of phosphoric acid groups is 1. The summed E-state index contributed by atoms with van der Waals surface area (Å²) >= 11 is 0. The van der Waals surface area contributed by atoms with Crippen molar-refractivity contribution in [3.63, 3.8) is 0 Å². The Balaban J connectivity index is -0.0000000800. The van der Waals surface area contributed by atoms with Crippen molar-refractivity contribution in [1.82, 2.24) is 0 Å². The van der Waals surface area contributed by atoms with Crippen LogP contribution in [0.15, 0.2) is 0 Å². The van der Waals surface area contributed by atoms with Gasteiger partial charge < -0.3 is 24.7 Å². The van der Waals surface area contributed by atoms with Gasteiger partial charge in [-0.05, 0) is 0 Å². The fourth-order valence-corrected chi connectivity index (χ4v) is 0. The summed E-state index contributed by atoms with van der Waals surface area (Å²) in [6, 6.07) is 0. The topological polar surface area (TPSA) is 118 Å². The van der Waals surface area contributed by atoms with Crippen molar-refractivity contribution < 1.29 is 24.7 Å². The van der Waals surface area contributed by atoms with Crippen LogP contribution in [0.2, 0.25) is 0 Å². The summed E-state index contributed by atoms with van der Waals surface area (Å²) in [5.74, 6) is 0. The molecule has 0 aliphatic rings. The highest BCUT2D eigenvalue weighted by atomic mass is 31.2. The molecule has 7 heavy (non-hydrogen) atoms. The van der Waals surface area contributed by atoms with Gasteiger partial charge in [0.15, 0.2) is 0 Å². The van der Waals surface area contributed by atoms with Crippen molar-refractivity contribution in [1.29, 1.82) is 0 Å². The summed E-state index contributed by atoms with van der Waals surface area (Å²) in [6.45, 7) is 0. The van der Waals surface area contributed by atoms with Gasteiger partial charge in [0, 0.05) is 17.4 Å². The van der Waals surface area contributed by atoms with Crippen LogP contribution in [0, 0.1) is 0 Å². The average Bonchev–Trinajstić information content (AvgIpc) is 0.722. The van der Waals surface area contributed by atoms with Gasteiger partial charge in [-0.15, -0.1) is 0 Å². The van der Waals surface area contributed by atoms with Crippen LogP contribution in [-0.2, 0) is 4.57 Å². The second kappa shape index (κ2) is 4.75. The molecule has 0 aliphatic heterocycles. The van der Waals surface area contributed by atoms with Gasteiger partial charge in [0.2, 0.25) is 0 Å². The molecule has 7 heteroatoms. The van der Waals surface area contributed by atoms with E-state index in [4.69, 9.17) is 19.2 Å². The van der Waals surface area contributed by atoms with Crippen LogP contribution in [0.4, 0.5) is 0 Å². The van der Waals surface area contributed by atoms with Crippen LogP contribution in [-0.4, -0.2) is 22.8 Å². The molecule has 43 valence electrons. The van der Waals surface area contributed by atoms with Gasteiger partial charge in [0.25, 0.3) is 0 Å². The van der Waals surface area contributed by atoms with Crippen molar-refractivity contribution in [3.05, 3.63) is 0 Å². The molecule has 0 heterocycles. The Labute approximate surface area is 50.7 Å². The van der Waals surface area contributed by atoms with Gasteiger partial charge in [-0.25, -0.2) is 0 Å². The van der Waals surface area contributed by atoms with Crippen LogP contribution in [0.1, 0.15) is 0 Å². The van der Waals surface area contributed by atoms with Gasteiger partial charge in [-0.2, -0.15) is 7.82 Å². The third kappa shape index (κ3) is 385. The van der Waals surface area contributed by atoms with Crippen molar-refractivity contribution >= 4 is 25.2 Å². The molecule has 5 nitrogen and oxygen atoms in total. The molecule has 0 spiro atoms. The lowest BCUT2D eigenvalue weighted by atomic mass is 15.8. The third-order valence-corrected chi connectivity index (χ3v) is 0. The molecule has 0 rings (SSSR count). The maximum absolute atomic E-state index is 8.55. The first-order chi connectivity index (χ1) is 2.00. The molecule has 0 saturated heterocycles. The molecule has 0 aromatic carbocycles. The minimum Gasteiger partial charge on any atom is -0.822 e. The summed E-state index contributed by atoms with van der Waals surface area (Å²) in [5.41, 5.74) is 0. The van der Waals surface area contributed by atoms with E-state index < -0.39 is 7.82 Å². The summed E-state index contributed by atoms with van der Waals surface area (Å²) in [5, 5.41) is 0. The summed E-state index contributed by atoms with van der Waals surface area (Å²) in [7, 11) is -5.39. The predicted octanol–water partition coefficient (Wildman–Crippen LogP) is -4.03. The van der Waals surface area contributed by atoms with Crippen LogP contribution in [0.3, 0.4) is 0 Å². The van der Waals surface area contributed by atoms with Crippen molar-refractivity contribution in [2.45, 2.75) is 0 Å². The number of hydrogen-bond donors (Lipinski definition) is 0. The lowest BCUT2D eigenvalue weighted by Gasteiger charge is -2.36. The molecule has 2 N–H and O–H groups in total. The van der Waals surface area contributed by atoms with Crippen LogP contribution in [0.5, 0.6) is 0 Å². The molecule has 0 aromatic heterocycles. The van der Waals surface area contributed by atoms with E-state index in [1.807, 2.05) is 0 Å². The first-order valence-electron chi connectivity index (χ1n) is 0.730. The molecule has 0 aliphatic carbocycles. The zero-order valence-corrected chi connectivity index (χ0v) is 5.21. The standard InChI is InChI=1S/Al.H3O4P.H2O/c;1-5(2,3)4;/h;(H3,1,2,3,4);1H2/p-3. The molecule has 0 bridgehead atoms. The fraction of sp³-hybridized carbons (Fsp3) is 0. The van der Waals surface area contributed by atoms with Gasteiger partial charge in [0.1, 0.15) is 0 Å². The zero-order valence-electron chi connectivity index (χ0n) is 3.16. The quantitative estimate of drug-likeness (QED) is 0.251. The highest BCUT2D eigenvalue weighted by Crippen LogP contribution is 2.03. The largest absolute Gasteiger partial charge is 0.822 e. The SMILES string of the molecule is O.O=P([O-])([O-])[O-].[Al]. The van der Waals surface area contributed by atoms with E-state index in [-0.39, 0.29) is 22.8 Å². The molecular formula is H2AlO5P-3. The summed E-state index contributed by atoms with van der Waals surface area (Å²) < 4.78 is 8.55. The first kappa shape index (κ1) is 15.6. The fourth-order valence-electron chi connectivity index (χ4n) is 0. The Hall–Kier alpha value is 0.602. The maximum atomic E-state index is 8.55. The minimum atomic E-state index is -5.39. The van der Waals surface area contributed by atoms with Crippen molar-refractivity contribution in [2.24, 2.45) is 0 Å². The molecule has 3 radical (unpaired) electrons. The second-order valence-corrected chi connectivity index (χ2v) is 1.34. The highest BCUT2D eigenvalue weighted by molar-refractivity contribution is 7.40. The lowest BCUT2D eigenvalue weighted by Crippen LogP contribution is -2.24. The minimum absolute atomic E-state index is 0. The van der Waals surface area contributed by atoms with Crippen molar-refractivity contribution in [3.8, 4) is 0 Å². The Kier molecular flexibility index (Phi) is 10.6. The maximum Gasteiger partial charge on any atom is 0 e. The predicted molar refractivity (Wildman–Crippen MR) is 17.0 cm³/mol. The summed E-state index contributed by atoms with van der Waals surface area (Å²) in [6.07, 6.45) is 0. The van der Waals surface area contributed by atoms with E-state index in [2.05, 4.69) is 0 Å². The van der Waals surface area contributed by atoms with E-state index >= 15 is 0 Å². The average molecular weight is 140 g/mol.